The first-order valence-electron chi connectivity index (χ1n) is 4.63. The molecule has 0 aliphatic carbocycles. The van der Waals surface area contributed by atoms with Crippen molar-refractivity contribution in [3.63, 3.8) is 0 Å². The van der Waals surface area contributed by atoms with Crippen LogP contribution in [0.2, 0.25) is 10.0 Å². The molecular weight excluding hydrogens is 265 g/mol. The molecule has 1 aromatic heterocycles. The Bertz CT molecular complexity index is 473. The maximum atomic E-state index is 6.07. The second-order valence-electron chi connectivity index (χ2n) is 3.37. The number of hydrogen-bond acceptors (Lipinski definition) is 4. The molecule has 0 saturated heterocycles. The Morgan fingerprint density at radius 2 is 2.19 bits per heavy atom. The lowest BCUT2D eigenvalue weighted by molar-refractivity contribution is 0.734. The summed E-state index contributed by atoms with van der Waals surface area (Å²) < 4.78 is 3.78. The van der Waals surface area contributed by atoms with E-state index in [4.69, 9.17) is 28.9 Å². The van der Waals surface area contributed by atoms with Crippen molar-refractivity contribution in [2.24, 2.45) is 5.73 Å². The van der Waals surface area contributed by atoms with E-state index in [2.05, 4.69) is 9.59 Å². The van der Waals surface area contributed by atoms with Gasteiger partial charge in [-0.25, -0.2) is 0 Å². The summed E-state index contributed by atoms with van der Waals surface area (Å²) in [5.74, 6) is 0. The summed E-state index contributed by atoms with van der Waals surface area (Å²) in [5, 5.41) is 5.02. The number of rotatable bonds is 3. The van der Waals surface area contributed by atoms with Crippen molar-refractivity contribution in [2.75, 3.05) is 0 Å². The van der Waals surface area contributed by atoms with E-state index >= 15 is 0 Å². The van der Waals surface area contributed by atoms with Crippen LogP contribution in [0.5, 0.6) is 0 Å². The number of halogens is 2. The molecule has 0 amide bonds. The van der Waals surface area contributed by atoms with Crippen LogP contribution in [-0.2, 0) is 6.42 Å². The third-order valence-corrected chi connectivity index (χ3v) is 3.58. The molecule has 1 unspecified atom stereocenters. The summed E-state index contributed by atoms with van der Waals surface area (Å²) in [5.41, 5.74) is 7.00. The van der Waals surface area contributed by atoms with Crippen molar-refractivity contribution in [3.05, 3.63) is 44.9 Å². The second-order valence-corrected chi connectivity index (χ2v) is 5.03. The van der Waals surface area contributed by atoms with Crippen LogP contribution in [0.15, 0.2) is 24.4 Å². The molecule has 2 rings (SSSR count). The quantitative estimate of drug-likeness (QED) is 0.935. The van der Waals surface area contributed by atoms with Gasteiger partial charge in [-0.15, -0.1) is 5.10 Å². The normalized spacial score (nSPS) is 12.7. The monoisotopic (exact) mass is 273 g/mol. The van der Waals surface area contributed by atoms with Gasteiger partial charge >= 0.3 is 0 Å². The molecule has 0 saturated carbocycles. The van der Waals surface area contributed by atoms with Crippen LogP contribution < -0.4 is 5.73 Å². The van der Waals surface area contributed by atoms with Gasteiger partial charge in [0.05, 0.1) is 11.1 Å². The van der Waals surface area contributed by atoms with Gasteiger partial charge in [0.25, 0.3) is 0 Å². The van der Waals surface area contributed by atoms with Crippen molar-refractivity contribution < 1.29 is 0 Å². The molecule has 16 heavy (non-hydrogen) atoms. The van der Waals surface area contributed by atoms with E-state index in [1.54, 1.807) is 18.3 Å². The zero-order chi connectivity index (χ0) is 11.5. The third-order valence-electron chi connectivity index (χ3n) is 2.20. The number of hydrogen-bond donors (Lipinski definition) is 1. The van der Waals surface area contributed by atoms with Crippen molar-refractivity contribution in [2.45, 2.75) is 12.5 Å². The predicted octanol–water partition coefficient (Wildman–Crippen LogP) is 3.09. The molecule has 2 N–H and O–H groups in total. The topological polar surface area (TPSA) is 51.8 Å². The van der Waals surface area contributed by atoms with Gasteiger partial charge in [-0.2, -0.15) is 0 Å². The molecule has 1 heterocycles. The van der Waals surface area contributed by atoms with E-state index < -0.39 is 0 Å². The average Bonchev–Trinajstić information content (AvgIpc) is 2.75. The van der Waals surface area contributed by atoms with E-state index in [1.165, 1.54) is 11.5 Å². The van der Waals surface area contributed by atoms with Crippen molar-refractivity contribution >= 4 is 34.7 Å². The van der Waals surface area contributed by atoms with Crippen LogP contribution in [-0.4, -0.2) is 9.59 Å². The fourth-order valence-corrected chi connectivity index (χ4v) is 2.35. The van der Waals surface area contributed by atoms with Crippen molar-refractivity contribution in [1.29, 1.82) is 0 Å². The van der Waals surface area contributed by atoms with Gasteiger partial charge in [0.2, 0.25) is 0 Å². The summed E-state index contributed by atoms with van der Waals surface area (Å²) in [4.78, 5) is 0.950. The minimum Gasteiger partial charge on any atom is -0.323 e. The van der Waals surface area contributed by atoms with E-state index in [0.717, 1.165) is 10.4 Å². The van der Waals surface area contributed by atoms with Gasteiger partial charge in [0, 0.05) is 16.1 Å². The lowest BCUT2D eigenvalue weighted by Crippen LogP contribution is -2.12. The second kappa shape index (κ2) is 5.10. The Balaban J connectivity index is 2.15. The molecule has 84 valence electrons. The van der Waals surface area contributed by atoms with Crippen LogP contribution in [0.1, 0.15) is 16.5 Å². The number of aromatic nitrogens is 2. The minimum absolute atomic E-state index is 0.126. The van der Waals surface area contributed by atoms with Gasteiger partial charge in [-0.1, -0.05) is 33.8 Å². The molecule has 0 aliphatic rings. The van der Waals surface area contributed by atoms with E-state index in [9.17, 15) is 0 Å². The molecule has 0 aliphatic heterocycles. The number of nitrogens with zero attached hydrogens (tertiary/aromatic N) is 2. The van der Waals surface area contributed by atoms with Crippen LogP contribution >= 0.6 is 34.7 Å². The van der Waals surface area contributed by atoms with Crippen LogP contribution in [0, 0.1) is 0 Å². The first kappa shape index (κ1) is 11.8. The van der Waals surface area contributed by atoms with Crippen molar-refractivity contribution in [3.8, 4) is 0 Å². The summed E-state index contributed by atoms with van der Waals surface area (Å²) in [6, 6.07) is 5.29. The molecule has 6 heteroatoms. The largest absolute Gasteiger partial charge is 0.323 e. The maximum Gasteiger partial charge on any atom is 0.0669 e. The molecule has 1 atom stereocenters. The fraction of sp³-hybridized carbons (Fsp3) is 0.200. The van der Waals surface area contributed by atoms with Crippen LogP contribution in [0.4, 0.5) is 0 Å². The van der Waals surface area contributed by atoms with Gasteiger partial charge in [0.1, 0.15) is 0 Å². The number of nitrogens with two attached hydrogens (primary N) is 1. The Kier molecular flexibility index (Phi) is 3.76. The highest BCUT2D eigenvalue weighted by Gasteiger charge is 2.11. The van der Waals surface area contributed by atoms with Gasteiger partial charge in [0.15, 0.2) is 0 Å². The summed E-state index contributed by atoms with van der Waals surface area (Å²) in [6.07, 6.45) is 2.33. The summed E-state index contributed by atoms with van der Waals surface area (Å²) >= 11 is 13.2. The Hall–Kier alpha value is -0.680. The summed E-state index contributed by atoms with van der Waals surface area (Å²) in [6.45, 7) is 0. The molecular formula is C10H9Cl2N3S. The SMILES string of the molecule is NC(Cc1ccc(Cl)cc1Cl)c1cnns1. The van der Waals surface area contributed by atoms with Gasteiger partial charge < -0.3 is 5.73 Å². The lowest BCUT2D eigenvalue weighted by atomic mass is 10.1. The van der Waals surface area contributed by atoms with Crippen molar-refractivity contribution in [1.82, 2.24) is 9.59 Å². The highest BCUT2D eigenvalue weighted by atomic mass is 35.5. The first-order chi connectivity index (χ1) is 7.66. The number of benzene rings is 1. The molecule has 0 fully saturated rings. The van der Waals surface area contributed by atoms with E-state index in [0.29, 0.717) is 16.5 Å². The zero-order valence-corrected chi connectivity index (χ0v) is 10.6. The maximum absolute atomic E-state index is 6.07. The highest BCUT2D eigenvalue weighted by molar-refractivity contribution is 7.05. The Morgan fingerprint density at radius 1 is 1.38 bits per heavy atom. The molecule has 3 nitrogen and oxygen atoms in total. The zero-order valence-electron chi connectivity index (χ0n) is 8.23. The third kappa shape index (κ3) is 2.71. The van der Waals surface area contributed by atoms with Crippen LogP contribution in [0.3, 0.4) is 0 Å². The first-order valence-corrected chi connectivity index (χ1v) is 6.16. The standard InChI is InChI=1S/C10H9Cl2N3S/c11-7-2-1-6(8(12)4-7)3-9(13)10-5-14-15-16-10/h1-2,4-5,9H,3,13H2. The van der Waals surface area contributed by atoms with Gasteiger partial charge in [-0.05, 0) is 35.6 Å². The van der Waals surface area contributed by atoms with E-state index in [-0.39, 0.29) is 6.04 Å². The van der Waals surface area contributed by atoms with Crippen LogP contribution in [0.25, 0.3) is 0 Å². The molecule has 0 spiro atoms. The molecule has 2 aromatic rings. The highest BCUT2D eigenvalue weighted by Crippen LogP contribution is 2.25. The average molecular weight is 274 g/mol. The molecule has 0 radical (unpaired) electrons. The Labute approximate surface area is 107 Å². The lowest BCUT2D eigenvalue weighted by Gasteiger charge is -2.10. The molecule has 0 bridgehead atoms. The predicted molar refractivity (Wildman–Crippen MR) is 67.0 cm³/mol. The Morgan fingerprint density at radius 3 is 2.81 bits per heavy atom. The molecule has 1 aromatic carbocycles. The smallest absolute Gasteiger partial charge is 0.0669 e. The fourth-order valence-electron chi connectivity index (χ4n) is 1.36. The van der Waals surface area contributed by atoms with Gasteiger partial charge in [-0.3, -0.25) is 0 Å². The summed E-state index contributed by atoms with van der Waals surface area (Å²) in [7, 11) is 0. The van der Waals surface area contributed by atoms with E-state index in [1.807, 2.05) is 6.07 Å². The minimum atomic E-state index is -0.126.